The standard InChI is InChI=1S/C19H18BrN3O3/c1-3-9-26-17-8-7-15(20)11-14(17)12-21-23-19(25)18(24)22-16-6-4-5-13(2)10-16/h3-8,10-12H,1,9H2,2H3,(H,22,24)(H,23,25)/b21-12-. The van der Waals surface area contributed by atoms with E-state index in [0.717, 1.165) is 10.0 Å². The average Bonchev–Trinajstić information content (AvgIpc) is 2.61. The van der Waals surface area contributed by atoms with E-state index in [1.165, 1.54) is 6.21 Å². The fourth-order valence-corrected chi connectivity index (χ4v) is 2.40. The Morgan fingerprint density at radius 1 is 1.23 bits per heavy atom. The smallest absolute Gasteiger partial charge is 0.329 e. The summed E-state index contributed by atoms with van der Waals surface area (Å²) in [5, 5.41) is 6.33. The van der Waals surface area contributed by atoms with Crippen molar-refractivity contribution in [1.29, 1.82) is 0 Å². The molecule has 0 aromatic heterocycles. The topological polar surface area (TPSA) is 79.8 Å². The number of nitrogens with one attached hydrogen (secondary N) is 2. The first-order valence-corrected chi connectivity index (χ1v) is 8.53. The molecule has 134 valence electrons. The van der Waals surface area contributed by atoms with Gasteiger partial charge in [-0.05, 0) is 42.8 Å². The van der Waals surface area contributed by atoms with Gasteiger partial charge >= 0.3 is 11.8 Å². The number of carbonyl (C=O) groups is 2. The molecule has 0 bridgehead atoms. The Bertz CT molecular complexity index is 850. The molecule has 0 aliphatic heterocycles. The van der Waals surface area contributed by atoms with Crippen molar-refractivity contribution in [2.24, 2.45) is 5.10 Å². The molecule has 0 radical (unpaired) electrons. The van der Waals surface area contributed by atoms with E-state index in [4.69, 9.17) is 4.74 Å². The van der Waals surface area contributed by atoms with Gasteiger partial charge in [-0.15, -0.1) is 0 Å². The molecule has 0 aliphatic carbocycles. The van der Waals surface area contributed by atoms with Crippen molar-refractivity contribution in [3.63, 3.8) is 0 Å². The zero-order valence-corrected chi connectivity index (χ0v) is 15.7. The fraction of sp³-hybridized carbons (Fsp3) is 0.105. The SMILES string of the molecule is C=CCOc1ccc(Br)cc1/C=N\NC(=O)C(=O)Nc1cccc(C)c1. The Morgan fingerprint density at radius 2 is 2.04 bits per heavy atom. The quantitative estimate of drug-likeness (QED) is 0.328. The summed E-state index contributed by atoms with van der Waals surface area (Å²) >= 11 is 3.36. The molecule has 7 heteroatoms. The molecule has 0 fully saturated rings. The molecule has 2 amide bonds. The molecule has 0 saturated heterocycles. The van der Waals surface area contributed by atoms with E-state index in [1.807, 2.05) is 19.1 Å². The van der Waals surface area contributed by atoms with Crippen LogP contribution in [0.2, 0.25) is 0 Å². The third-order valence-corrected chi connectivity index (χ3v) is 3.67. The number of halogens is 1. The highest BCUT2D eigenvalue weighted by atomic mass is 79.9. The maximum atomic E-state index is 11.9. The van der Waals surface area contributed by atoms with Crippen molar-refractivity contribution in [3.8, 4) is 5.75 Å². The predicted octanol–water partition coefficient (Wildman–Crippen LogP) is 3.41. The molecule has 0 spiro atoms. The second kappa shape index (κ2) is 9.53. The van der Waals surface area contributed by atoms with Crippen LogP contribution in [0.15, 0.2) is 64.7 Å². The highest BCUT2D eigenvalue weighted by Gasteiger charge is 2.13. The van der Waals surface area contributed by atoms with E-state index < -0.39 is 11.8 Å². The number of ether oxygens (including phenoxy) is 1. The van der Waals surface area contributed by atoms with Crippen LogP contribution in [-0.4, -0.2) is 24.6 Å². The summed E-state index contributed by atoms with van der Waals surface area (Å²) in [6.07, 6.45) is 3.03. The molecular formula is C19H18BrN3O3. The lowest BCUT2D eigenvalue weighted by Gasteiger charge is -2.07. The van der Waals surface area contributed by atoms with Crippen LogP contribution in [0.5, 0.6) is 5.75 Å². The van der Waals surface area contributed by atoms with Crippen molar-refractivity contribution in [2.45, 2.75) is 6.92 Å². The Kier molecular flexibility index (Phi) is 7.11. The van der Waals surface area contributed by atoms with Gasteiger partial charge in [-0.25, -0.2) is 5.43 Å². The fourth-order valence-electron chi connectivity index (χ4n) is 2.02. The number of amides is 2. The van der Waals surface area contributed by atoms with Crippen LogP contribution in [0.1, 0.15) is 11.1 Å². The van der Waals surface area contributed by atoms with Gasteiger partial charge in [-0.3, -0.25) is 9.59 Å². The number of benzene rings is 2. The summed E-state index contributed by atoms with van der Waals surface area (Å²) in [7, 11) is 0. The van der Waals surface area contributed by atoms with E-state index in [-0.39, 0.29) is 0 Å². The number of rotatable bonds is 6. The van der Waals surface area contributed by atoms with Crippen LogP contribution in [0, 0.1) is 6.92 Å². The second-order valence-electron chi connectivity index (χ2n) is 5.30. The van der Waals surface area contributed by atoms with Crippen LogP contribution in [-0.2, 0) is 9.59 Å². The predicted molar refractivity (Wildman–Crippen MR) is 105 cm³/mol. The van der Waals surface area contributed by atoms with Gasteiger partial charge in [0.25, 0.3) is 0 Å². The van der Waals surface area contributed by atoms with Crippen molar-refractivity contribution < 1.29 is 14.3 Å². The van der Waals surface area contributed by atoms with E-state index >= 15 is 0 Å². The first-order chi connectivity index (χ1) is 12.5. The van der Waals surface area contributed by atoms with Gasteiger partial charge in [-0.1, -0.05) is 40.7 Å². The van der Waals surface area contributed by atoms with Gasteiger partial charge in [0.1, 0.15) is 12.4 Å². The van der Waals surface area contributed by atoms with Crippen molar-refractivity contribution in [2.75, 3.05) is 11.9 Å². The molecule has 2 aromatic carbocycles. The minimum atomic E-state index is -0.869. The number of hydrogen-bond acceptors (Lipinski definition) is 4. The molecule has 0 heterocycles. The van der Waals surface area contributed by atoms with Crippen LogP contribution in [0.4, 0.5) is 5.69 Å². The van der Waals surface area contributed by atoms with Crippen molar-refractivity contribution >= 4 is 39.6 Å². The number of hydrazone groups is 1. The maximum absolute atomic E-state index is 11.9. The zero-order valence-electron chi connectivity index (χ0n) is 14.2. The summed E-state index contributed by atoms with van der Waals surface area (Å²) in [6.45, 7) is 5.83. The first kappa shape index (κ1) is 19.4. The maximum Gasteiger partial charge on any atom is 0.329 e. The number of anilines is 1. The Labute approximate surface area is 160 Å². The van der Waals surface area contributed by atoms with E-state index in [1.54, 1.807) is 36.4 Å². The van der Waals surface area contributed by atoms with Gasteiger partial charge < -0.3 is 10.1 Å². The van der Waals surface area contributed by atoms with E-state index in [0.29, 0.717) is 23.6 Å². The normalized spacial score (nSPS) is 10.4. The summed E-state index contributed by atoms with van der Waals surface area (Å²) in [5.41, 5.74) is 4.35. The van der Waals surface area contributed by atoms with Crippen LogP contribution < -0.4 is 15.5 Å². The minimum Gasteiger partial charge on any atom is -0.489 e. The van der Waals surface area contributed by atoms with Crippen molar-refractivity contribution in [1.82, 2.24) is 5.43 Å². The first-order valence-electron chi connectivity index (χ1n) is 7.74. The lowest BCUT2D eigenvalue weighted by molar-refractivity contribution is -0.136. The van der Waals surface area contributed by atoms with Crippen LogP contribution in [0.25, 0.3) is 0 Å². The van der Waals surface area contributed by atoms with Crippen molar-refractivity contribution in [3.05, 3.63) is 70.7 Å². The largest absolute Gasteiger partial charge is 0.489 e. The highest BCUT2D eigenvalue weighted by Crippen LogP contribution is 2.21. The third kappa shape index (κ3) is 5.86. The number of nitrogens with zero attached hydrogens (tertiary/aromatic N) is 1. The molecule has 0 aliphatic rings. The van der Waals surface area contributed by atoms with Gasteiger partial charge in [0.15, 0.2) is 0 Å². The third-order valence-electron chi connectivity index (χ3n) is 3.18. The average molecular weight is 416 g/mol. The van der Waals surface area contributed by atoms with Gasteiger partial charge in [0.2, 0.25) is 0 Å². The monoisotopic (exact) mass is 415 g/mol. The lowest BCUT2D eigenvalue weighted by atomic mass is 10.2. The minimum absolute atomic E-state index is 0.341. The molecule has 0 unspecified atom stereocenters. The summed E-state index contributed by atoms with van der Waals surface area (Å²) in [5.74, 6) is -1.09. The molecule has 26 heavy (non-hydrogen) atoms. The molecule has 2 rings (SSSR count). The Morgan fingerprint density at radius 3 is 2.77 bits per heavy atom. The highest BCUT2D eigenvalue weighted by molar-refractivity contribution is 9.10. The molecule has 2 aromatic rings. The second-order valence-corrected chi connectivity index (χ2v) is 6.22. The summed E-state index contributed by atoms with van der Waals surface area (Å²) < 4.78 is 6.34. The Hall–Kier alpha value is -2.93. The summed E-state index contributed by atoms with van der Waals surface area (Å²) in [4.78, 5) is 23.7. The summed E-state index contributed by atoms with van der Waals surface area (Å²) in [6, 6.07) is 12.5. The number of aryl methyl sites for hydroxylation is 1. The number of carbonyl (C=O) groups excluding carboxylic acids is 2. The number of hydrogen-bond donors (Lipinski definition) is 2. The van der Waals surface area contributed by atoms with Crippen LogP contribution in [0.3, 0.4) is 0 Å². The molecule has 0 atom stereocenters. The zero-order chi connectivity index (χ0) is 18.9. The van der Waals surface area contributed by atoms with Gasteiger partial charge in [0.05, 0.1) is 6.21 Å². The molecule has 6 nitrogen and oxygen atoms in total. The van der Waals surface area contributed by atoms with Gasteiger partial charge in [0, 0.05) is 15.7 Å². The van der Waals surface area contributed by atoms with E-state index in [9.17, 15) is 9.59 Å². The molecular weight excluding hydrogens is 398 g/mol. The van der Waals surface area contributed by atoms with Crippen LogP contribution >= 0.6 is 15.9 Å². The van der Waals surface area contributed by atoms with Gasteiger partial charge in [-0.2, -0.15) is 5.10 Å². The lowest BCUT2D eigenvalue weighted by Crippen LogP contribution is -2.32. The van der Waals surface area contributed by atoms with E-state index in [2.05, 4.69) is 38.4 Å². The molecule has 0 saturated carbocycles. The molecule has 2 N–H and O–H groups in total. The Balaban J connectivity index is 1.99.